The van der Waals surface area contributed by atoms with Crippen molar-refractivity contribution in [3.05, 3.63) is 59.7 Å². The first-order valence-corrected chi connectivity index (χ1v) is 6.50. The summed E-state index contributed by atoms with van der Waals surface area (Å²) in [4.78, 5) is 23.1. The van der Waals surface area contributed by atoms with Crippen LogP contribution < -0.4 is 0 Å². The van der Waals surface area contributed by atoms with Crippen molar-refractivity contribution in [1.29, 1.82) is 0 Å². The van der Waals surface area contributed by atoms with E-state index in [9.17, 15) is 9.59 Å². The second kappa shape index (κ2) is 6.15. The fourth-order valence-corrected chi connectivity index (χ4v) is 1.95. The summed E-state index contributed by atoms with van der Waals surface area (Å²) >= 11 is 0. The maximum atomic E-state index is 11.8. The van der Waals surface area contributed by atoms with Gasteiger partial charge in [-0.3, -0.25) is 4.79 Å². The van der Waals surface area contributed by atoms with Gasteiger partial charge in [0.2, 0.25) is 0 Å². The van der Waals surface area contributed by atoms with Gasteiger partial charge in [0.1, 0.15) is 0 Å². The summed E-state index contributed by atoms with van der Waals surface area (Å²) in [6.07, 6.45) is 0. The third kappa shape index (κ3) is 3.12. The summed E-state index contributed by atoms with van der Waals surface area (Å²) in [6, 6.07) is 15.1. The van der Waals surface area contributed by atoms with E-state index in [4.69, 9.17) is 4.74 Å². The van der Waals surface area contributed by atoms with E-state index in [1.807, 2.05) is 37.3 Å². The molecule has 20 heavy (non-hydrogen) atoms. The van der Waals surface area contributed by atoms with Gasteiger partial charge in [-0.1, -0.05) is 54.1 Å². The molecule has 2 aromatic rings. The SMILES string of the molecule is CCOC(=O)C(=O)c1ccc(-c2cccc(C)c2)cc1. The molecule has 0 radical (unpaired) electrons. The van der Waals surface area contributed by atoms with Crippen molar-refractivity contribution < 1.29 is 14.3 Å². The van der Waals surface area contributed by atoms with Crippen LogP contribution in [0, 0.1) is 6.92 Å². The van der Waals surface area contributed by atoms with Crippen LogP contribution >= 0.6 is 0 Å². The zero-order valence-electron chi connectivity index (χ0n) is 11.6. The smallest absolute Gasteiger partial charge is 0.379 e. The molecular formula is C17H16O3. The first-order valence-electron chi connectivity index (χ1n) is 6.50. The number of benzene rings is 2. The molecule has 0 unspecified atom stereocenters. The van der Waals surface area contributed by atoms with Crippen molar-refractivity contribution in [3.63, 3.8) is 0 Å². The maximum absolute atomic E-state index is 11.8. The molecular weight excluding hydrogens is 252 g/mol. The van der Waals surface area contributed by atoms with Gasteiger partial charge in [-0.25, -0.2) is 4.79 Å². The lowest BCUT2D eigenvalue weighted by Crippen LogP contribution is -2.17. The Balaban J connectivity index is 2.22. The van der Waals surface area contributed by atoms with Crippen molar-refractivity contribution in [2.75, 3.05) is 6.61 Å². The van der Waals surface area contributed by atoms with Gasteiger partial charge in [-0.15, -0.1) is 0 Å². The second-order valence-corrected chi connectivity index (χ2v) is 4.50. The fourth-order valence-electron chi connectivity index (χ4n) is 1.95. The van der Waals surface area contributed by atoms with Crippen molar-refractivity contribution in [2.24, 2.45) is 0 Å². The number of rotatable bonds is 4. The Morgan fingerprint density at radius 3 is 2.30 bits per heavy atom. The van der Waals surface area contributed by atoms with Gasteiger partial charge in [0.05, 0.1) is 6.61 Å². The Bertz CT molecular complexity index is 627. The largest absolute Gasteiger partial charge is 0.460 e. The number of hydrogen-bond donors (Lipinski definition) is 0. The van der Waals surface area contributed by atoms with E-state index in [2.05, 4.69) is 6.07 Å². The number of esters is 1. The van der Waals surface area contributed by atoms with Gasteiger partial charge in [-0.2, -0.15) is 0 Å². The van der Waals surface area contributed by atoms with E-state index in [1.165, 1.54) is 5.56 Å². The lowest BCUT2D eigenvalue weighted by molar-refractivity contribution is -0.137. The minimum atomic E-state index is -0.809. The Hall–Kier alpha value is -2.42. The molecule has 0 amide bonds. The highest BCUT2D eigenvalue weighted by atomic mass is 16.5. The van der Waals surface area contributed by atoms with Crippen LogP contribution in [0.25, 0.3) is 11.1 Å². The molecule has 0 spiro atoms. The quantitative estimate of drug-likeness (QED) is 0.485. The predicted molar refractivity (Wildman–Crippen MR) is 77.6 cm³/mol. The Morgan fingerprint density at radius 1 is 1.00 bits per heavy atom. The summed E-state index contributed by atoms with van der Waals surface area (Å²) < 4.78 is 4.70. The minimum absolute atomic E-state index is 0.200. The molecule has 0 saturated heterocycles. The molecule has 0 aliphatic rings. The lowest BCUT2D eigenvalue weighted by Gasteiger charge is -2.05. The van der Waals surface area contributed by atoms with Gasteiger partial charge < -0.3 is 4.74 Å². The van der Waals surface area contributed by atoms with Gasteiger partial charge in [0.15, 0.2) is 0 Å². The molecule has 0 atom stereocenters. The monoisotopic (exact) mass is 268 g/mol. The molecule has 102 valence electrons. The van der Waals surface area contributed by atoms with Gasteiger partial charge in [0, 0.05) is 5.56 Å². The topological polar surface area (TPSA) is 43.4 Å². The van der Waals surface area contributed by atoms with Crippen LogP contribution in [0.4, 0.5) is 0 Å². The molecule has 3 heteroatoms. The normalized spacial score (nSPS) is 10.1. The molecule has 0 aliphatic heterocycles. The van der Waals surface area contributed by atoms with Gasteiger partial charge in [-0.05, 0) is 25.0 Å². The maximum Gasteiger partial charge on any atom is 0.379 e. The number of aryl methyl sites for hydroxylation is 1. The predicted octanol–water partition coefficient (Wildman–Crippen LogP) is 3.41. The van der Waals surface area contributed by atoms with Crippen molar-refractivity contribution in [1.82, 2.24) is 0 Å². The molecule has 2 aromatic carbocycles. The number of carbonyl (C=O) groups excluding carboxylic acids is 2. The summed E-state index contributed by atoms with van der Waals surface area (Å²) in [5, 5.41) is 0. The highest BCUT2D eigenvalue weighted by Gasteiger charge is 2.16. The van der Waals surface area contributed by atoms with Crippen LogP contribution in [-0.4, -0.2) is 18.4 Å². The van der Waals surface area contributed by atoms with E-state index < -0.39 is 11.8 Å². The van der Waals surface area contributed by atoms with E-state index in [0.29, 0.717) is 5.56 Å². The van der Waals surface area contributed by atoms with Crippen LogP contribution in [-0.2, 0) is 9.53 Å². The van der Waals surface area contributed by atoms with E-state index in [-0.39, 0.29) is 6.61 Å². The molecule has 0 aliphatic carbocycles. The summed E-state index contributed by atoms with van der Waals surface area (Å²) in [7, 11) is 0. The Morgan fingerprint density at radius 2 is 1.70 bits per heavy atom. The van der Waals surface area contributed by atoms with Crippen molar-refractivity contribution >= 4 is 11.8 Å². The van der Waals surface area contributed by atoms with Crippen LogP contribution in [0.3, 0.4) is 0 Å². The third-order valence-electron chi connectivity index (χ3n) is 2.96. The summed E-state index contributed by atoms with van der Waals surface area (Å²) in [5.41, 5.74) is 3.61. The number of ether oxygens (including phenoxy) is 1. The van der Waals surface area contributed by atoms with Crippen LogP contribution in [0.5, 0.6) is 0 Å². The fraction of sp³-hybridized carbons (Fsp3) is 0.176. The zero-order valence-corrected chi connectivity index (χ0v) is 11.6. The molecule has 0 aromatic heterocycles. The zero-order chi connectivity index (χ0) is 14.5. The molecule has 3 nitrogen and oxygen atoms in total. The number of carbonyl (C=O) groups is 2. The van der Waals surface area contributed by atoms with E-state index in [1.54, 1.807) is 19.1 Å². The Kier molecular flexibility index (Phi) is 4.31. The van der Waals surface area contributed by atoms with E-state index >= 15 is 0 Å². The summed E-state index contributed by atoms with van der Waals surface area (Å²) in [6.45, 7) is 3.90. The number of hydrogen-bond acceptors (Lipinski definition) is 3. The average molecular weight is 268 g/mol. The second-order valence-electron chi connectivity index (χ2n) is 4.50. The number of ketones is 1. The third-order valence-corrected chi connectivity index (χ3v) is 2.96. The lowest BCUT2D eigenvalue weighted by atomic mass is 10.0. The van der Waals surface area contributed by atoms with Crippen LogP contribution in [0.2, 0.25) is 0 Å². The van der Waals surface area contributed by atoms with Crippen molar-refractivity contribution in [2.45, 2.75) is 13.8 Å². The molecule has 0 fully saturated rings. The molecule has 0 N–H and O–H groups in total. The first kappa shape index (κ1) is 14.0. The standard InChI is InChI=1S/C17H16O3/c1-3-20-17(19)16(18)14-9-7-13(8-10-14)15-6-4-5-12(2)11-15/h4-11H,3H2,1-2H3. The van der Waals surface area contributed by atoms with Crippen LogP contribution in [0.15, 0.2) is 48.5 Å². The minimum Gasteiger partial charge on any atom is -0.460 e. The van der Waals surface area contributed by atoms with Gasteiger partial charge >= 0.3 is 5.97 Å². The van der Waals surface area contributed by atoms with Gasteiger partial charge in [0.25, 0.3) is 5.78 Å². The molecule has 0 heterocycles. The molecule has 0 saturated carbocycles. The van der Waals surface area contributed by atoms with Crippen LogP contribution in [0.1, 0.15) is 22.8 Å². The Labute approximate surface area is 118 Å². The molecule has 2 rings (SSSR count). The average Bonchev–Trinajstić information content (AvgIpc) is 2.47. The van der Waals surface area contributed by atoms with E-state index in [0.717, 1.165) is 11.1 Å². The highest BCUT2D eigenvalue weighted by Crippen LogP contribution is 2.21. The molecule has 0 bridgehead atoms. The first-order chi connectivity index (χ1) is 9.61. The number of Topliss-reactive ketones (excluding diaryl/α,β-unsaturated/α-hetero) is 1. The van der Waals surface area contributed by atoms with Crippen molar-refractivity contribution in [3.8, 4) is 11.1 Å². The summed E-state index contributed by atoms with van der Waals surface area (Å²) in [5.74, 6) is -1.42. The highest BCUT2D eigenvalue weighted by molar-refractivity contribution is 6.40.